The second kappa shape index (κ2) is 6.15. The van der Waals surface area contributed by atoms with Gasteiger partial charge in [-0.1, -0.05) is 35.0 Å². The predicted octanol–water partition coefficient (Wildman–Crippen LogP) is 2.97. The van der Waals surface area contributed by atoms with E-state index in [2.05, 4.69) is 16.3 Å². The molecule has 19 heavy (non-hydrogen) atoms. The molecule has 2 aromatic rings. The van der Waals surface area contributed by atoms with Crippen molar-refractivity contribution in [2.24, 2.45) is 0 Å². The zero-order chi connectivity index (χ0) is 13.8. The number of nitrogen functional groups attached to an aromatic ring is 1. The summed E-state index contributed by atoms with van der Waals surface area (Å²) in [5.41, 5.74) is 0.660. The number of nitrogens with two attached hydrogens (primary N) is 1. The van der Waals surface area contributed by atoms with Crippen LogP contribution in [0.1, 0.15) is 6.42 Å². The topological polar surface area (TPSA) is 80.5 Å². The van der Waals surface area contributed by atoms with Gasteiger partial charge in [-0.2, -0.15) is 5.26 Å². The molecule has 0 amide bonds. The smallest absolute Gasteiger partial charge is 0.210 e. The molecular formula is C11H9Cl2N5S. The van der Waals surface area contributed by atoms with E-state index in [0.29, 0.717) is 38.8 Å². The second-order valence-electron chi connectivity index (χ2n) is 3.56. The highest BCUT2D eigenvalue weighted by Gasteiger charge is 2.14. The van der Waals surface area contributed by atoms with Crippen LogP contribution in [0.5, 0.6) is 0 Å². The SMILES string of the molecule is N#CCCSc1nnc(-c2ccc(Cl)cc2Cl)n1N. The number of benzene rings is 1. The van der Waals surface area contributed by atoms with Crippen molar-refractivity contribution in [1.29, 1.82) is 5.26 Å². The highest BCUT2D eigenvalue weighted by atomic mass is 35.5. The van der Waals surface area contributed by atoms with Crippen LogP contribution in [-0.2, 0) is 0 Å². The third-order valence-corrected chi connectivity index (χ3v) is 3.77. The van der Waals surface area contributed by atoms with Crippen molar-refractivity contribution in [3.8, 4) is 17.5 Å². The van der Waals surface area contributed by atoms with Crippen LogP contribution < -0.4 is 5.84 Å². The second-order valence-corrected chi connectivity index (χ2v) is 5.46. The van der Waals surface area contributed by atoms with Crippen LogP contribution in [0.3, 0.4) is 0 Å². The number of aromatic nitrogens is 3. The third-order valence-electron chi connectivity index (χ3n) is 2.28. The molecule has 0 radical (unpaired) electrons. The van der Waals surface area contributed by atoms with Gasteiger partial charge in [0.2, 0.25) is 5.16 Å². The van der Waals surface area contributed by atoms with Crippen molar-refractivity contribution in [2.45, 2.75) is 11.6 Å². The molecule has 0 saturated heterocycles. The van der Waals surface area contributed by atoms with Gasteiger partial charge in [-0.25, -0.2) is 4.68 Å². The molecule has 1 heterocycles. The molecule has 98 valence electrons. The fourth-order valence-electron chi connectivity index (χ4n) is 1.42. The van der Waals surface area contributed by atoms with Gasteiger partial charge in [-0.15, -0.1) is 10.2 Å². The van der Waals surface area contributed by atoms with Crippen molar-refractivity contribution < 1.29 is 0 Å². The Morgan fingerprint density at radius 2 is 2.16 bits per heavy atom. The zero-order valence-corrected chi connectivity index (χ0v) is 12.0. The van der Waals surface area contributed by atoms with E-state index in [0.717, 1.165) is 0 Å². The first-order chi connectivity index (χ1) is 9.13. The molecule has 2 N–H and O–H groups in total. The van der Waals surface area contributed by atoms with E-state index in [-0.39, 0.29) is 0 Å². The van der Waals surface area contributed by atoms with Crippen LogP contribution >= 0.6 is 35.0 Å². The van der Waals surface area contributed by atoms with Crippen LogP contribution in [0.4, 0.5) is 0 Å². The van der Waals surface area contributed by atoms with E-state index < -0.39 is 0 Å². The van der Waals surface area contributed by atoms with Crippen molar-refractivity contribution in [1.82, 2.24) is 14.9 Å². The zero-order valence-electron chi connectivity index (χ0n) is 9.68. The lowest BCUT2D eigenvalue weighted by molar-refractivity contribution is 0.849. The summed E-state index contributed by atoms with van der Waals surface area (Å²) in [6.45, 7) is 0. The number of hydrogen-bond acceptors (Lipinski definition) is 5. The number of nitrogens with zero attached hydrogens (tertiary/aromatic N) is 4. The average Bonchev–Trinajstić information content (AvgIpc) is 2.72. The maximum absolute atomic E-state index is 8.49. The molecule has 1 aromatic carbocycles. The first-order valence-corrected chi connectivity index (χ1v) is 7.03. The molecule has 0 unspecified atom stereocenters. The van der Waals surface area contributed by atoms with Gasteiger partial charge in [0.15, 0.2) is 5.82 Å². The standard InChI is InChI=1S/C11H9Cl2N5S/c12-7-2-3-8(9(13)6-7)10-16-17-11(18(10)15)19-5-1-4-14/h2-3,6H,1,5,15H2. The molecule has 0 aliphatic rings. The quantitative estimate of drug-likeness (QED) is 0.533. The van der Waals surface area contributed by atoms with Crippen LogP contribution in [0.15, 0.2) is 23.4 Å². The van der Waals surface area contributed by atoms with Gasteiger partial charge in [0, 0.05) is 22.8 Å². The molecular weight excluding hydrogens is 305 g/mol. The van der Waals surface area contributed by atoms with E-state index in [4.69, 9.17) is 34.3 Å². The average molecular weight is 314 g/mol. The lowest BCUT2D eigenvalue weighted by Crippen LogP contribution is -2.11. The summed E-state index contributed by atoms with van der Waals surface area (Å²) in [5.74, 6) is 6.99. The monoisotopic (exact) mass is 313 g/mol. The van der Waals surface area contributed by atoms with Crippen molar-refractivity contribution in [3.05, 3.63) is 28.2 Å². The fourth-order valence-corrected chi connectivity index (χ4v) is 2.61. The highest BCUT2D eigenvalue weighted by molar-refractivity contribution is 7.99. The molecule has 0 spiro atoms. The first-order valence-electron chi connectivity index (χ1n) is 5.29. The molecule has 0 saturated carbocycles. The van der Waals surface area contributed by atoms with Gasteiger partial charge in [-0.3, -0.25) is 0 Å². The summed E-state index contributed by atoms with van der Waals surface area (Å²) in [4.78, 5) is 0. The largest absolute Gasteiger partial charge is 0.335 e. The van der Waals surface area contributed by atoms with Crippen LogP contribution in [0, 0.1) is 11.3 Å². The van der Waals surface area contributed by atoms with E-state index in [1.54, 1.807) is 18.2 Å². The van der Waals surface area contributed by atoms with Gasteiger partial charge in [0.25, 0.3) is 0 Å². The van der Waals surface area contributed by atoms with Gasteiger partial charge in [0.1, 0.15) is 0 Å². The normalized spacial score (nSPS) is 10.4. The Kier molecular flexibility index (Phi) is 4.53. The third kappa shape index (κ3) is 3.13. The number of thioether (sulfide) groups is 1. The van der Waals surface area contributed by atoms with Gasteiger partial charge in [0.05, 0.1) is 11.1 Å². The lowest BCUT2D eigenvalue weighted by atomic mass is 10.2. The Morgan fingerprint density at radius 1 is 1.37 bits per heavy atom. The molecule has 0 fully saturated rings. The molecule has 0 bridgehead atoms. The summed E-state index contributed by atoms with van der Waals surface area (Å²) in [5, 5.41) is 18.0. The molecule has 1 aromatic heterocycles. The van der Waals surface area contributed by atoms with Crippen molar-refractivity contribution in [2.75, 3.05) is 11.6 Å². The molecule has 2 rings (SSSR count). The van der Waals surface area contributed by atoms with Gasteiger partial charge in [-0.05, 0) is 18.2 Å². The van der Waals surface area contributed by atoms with Crippen LogP contribution in [0.25, 0.3) is 11.4 Å². The number of halogens is 2. The number of hydrogen-bond donors (Lipinski definition) is 1. The van der Waals surface area contributed by atoms with E-state index in [9.17, 15) is 0 Å². The minimum atomic E-state index is 0.425. The van der Waals surface area contributed by atoms with E-state index >= 15 is 0 Å². The molecule has 0 aliphatic carbocycles. The molecule has 8 heteroatoms. The highest BCUT2D eigenvalue weighted by Crippen LogP contribution is 2.30. The Bertz CT molecular complexity index is 635. The summed E-state index contributed by atoms with van der Waals surface area (Å²) >= 11 is 13.3. The number of nitriles is 1. The maximum atomic E-state index is 8.49. The van der Waals surface area contributed by atoms with Crippen molar-refractivity contribution in [3.63, 3.8) is 0 Å². The Labute approximate surface area is 124 Å². The molecule has 0 atom stereocenters. The summed E-state index contributed by atoms with van der Waals surface area (Å²) in [6.07, 6.45) is 0.425. The van der Waals surface area contributed by atoms with Gasteiger partial charge >= 0.3 is 0 Å². The summed E-state index contributed by atoms with van der Waals surface area (Å²) in [6, 6.07) is 7.12. The Balaban J connectivity index is 2.29. The summed E-state index contributed by atoms with van der Waals surface area (Å²) < 4.78 is 1.36. The predicted molar refractivity (Wildman–Crippen MR) is 76.6 cm³/mol. The minimum Gasteiger partial charge on any atom is -0.335 e. The first kappa shape index (κ1) is 14.0. The van der Waals surface area contributed by atoms with E-state index in [1.165, 1.54) is 16.4 Å². The Morgan fingerprint density at radius 3 is 2.84 bits per heavy atom. The minimum absolute atomic E-state index is 0.425. The Hall–Kier alpha value is -1.42. The lowest BCUT2D eigenvalue weighted by Gasteiger charge is -2.05. The molecule has 0 aliphatic heterocycles. The summed E-state index contributed by atoms with van der Waals surface area (Å²) in [7, 11) is 0. The van der Waals surface area contributed by atoms with Crippen LogP contribution in [-0.4, -0.2) is 20.6 Å². The van der Waals surface area contributed by atoms with E-state index in [1.807, 2.05) is 0 Å². The van der Waals surface area contributed by atoms with Crippen LogP contribution in [0.2, 0.25) is 10.0 Å². The molecule has 5 nitrogen and oxygen atoms in total. The number of rotatable bonds is 4. The fraction of sp³-hybridized carbons (Fsp3) is 0.182. The maximum Gasteiger partial charge on any atom is 0.210 e. The van der Waals surface area contributed by atoms with Crippen molar-refractivity contribution >= 4 is 35.0 Å². The van der Waals surface area contributed by atoms with Gasteiger partial charge < -0.3 is 5.84 Å².